The Bertz CT molecular complexity index is 762. The summed E-state index contributed by atoms with van der Waals surface area (Å²) in [5, 5.41) is 5.84. The molecule has 0 spiro atoms. The van der Waals surface area contributed by atoms with Gasteiger partial charge in [0.2, 0.25) is 5.91 Å². The van der Waals surface area contributed by atoms with Crippen LogP contribution in [0.15, 0.2) is 17.7 Å². The maximum absolute atomic E-state index is 12.0. The van der Waals surface area contributed by atoms with Gasteiger partial charge >= 0.3 is 5.97 Å². The van der Waals surface area contributed by atoms with Gasteiger partial charge in [-0.15, -0.1) is 22.7 Å². The minimum absolute atomic E-state index is 0.282. The molecule has 0 aromatic carbocycles. The van der Waals surface area contributed by atoms with Gasteiger partial charge < -0.3 is 4.74 Å². The highest BCUT2D eigenvalue weighted by molar-refractivity contribution is 7.14. The van der Waals surface area contributed by atoms with Gasteiger partial charge in [-0.05, 0) is 33.8 Å². The Morgan fingerprint density at radius 2 is 2.17 bits per heavy atom. The van der Waals surface area contributed by atoms with Gasteiger partial charge in [0, 0.05) is 22.5 Å². The summed E-state index contributed by atoms with van der Waals surface area (Å²) in [6.07, 6.45) is 4.86. The van der Waals surface area contributed by atoms with E-state index in [1.54, 1.807) is 38.4 Å². The smallest absolute Gasteiger partial charge is 0.317 e. The Labute approximate surface area is 148 Å². The number of carbonyl (C=O) groups excluding carboxylic acids is 2. The Kier molecular flexibility index (Phi) is 5.84. The first-order valence-corrected chi connectivity index (χ1v) is 9.07. The maximum atomic E-state index is 12.0. The summed E-state index contributed by atoms with van der Waals surface area (Å²) in [5.74, 6) is -0.621. The number of nitrogens with one attached hydrogen (secondary N) is 1. The molecule has 24 heavy (non-hydrogen) atoms. The SMILES string of the molecule is CCOC(=O)C(C)(C)c1csc(NC(=O)/C=C/c2cnc(C)s2)n1. The van der Waals surface area contributed by atoms with Crippen LogP contribution >= 0.6 is 22.7 Å². The standard InChI is InChI=1S/C16H19N3O3S2/c1-5-22-14(21)16(3,4)12-9-23-15(18-12)19-13(20)7-6-11-8-17-10(2)24-11/h6-9H,5H2,1-4H3,(H,18,19,20)/b7-6+. The van der Waals surface area contributed by atoms with E-state index in [2.05, 4.69) is 15.3 Å². The first kappa shape index (κ1) is 18.3. The summed E-state index contributed by atoms with van der Waals surface area (Å²) in [4.78, 5) is 33.3. The maximum Gasteiger partial charge on any atom is 0.317 e. The lowest BCUT2D eigenvalue weighted by atomic mass is 9.90. The number of nitrogens with zero attached hydrogens (tertiary/aromatic N) is 2. The summed E-state index contributed by atoms with van der Waals surface area (Å²) in [7, 11) is 0. The predicted octanol–water partition coefficient (Wildman–Crippen LogP) is 3.40. The Balaban J connectivity index is 2.01. The van der Waals surface area contributed by atoms with Gasteiger partial charge in [0.05, 0.1) is 17.3 Å². The largest absolute Gasteiger partial charge is 0.465 e. The zero-order valence-corrected chi connectivity index (χ0v) is 15.6. The normalized spacial score (nSPS) is 11.7. The van der Waals surface area contributed by atoms with E-state index in [0.717, 1.165) is 9.88 Å². The number of carbonyl (C=O) groups is 2. The Morgan fingerprint density at radius 3 is 2.79 bits per heavy atom. The van der Waals surface area contributed by atoms with E-state index in [0.29, 0.717) is 17.4 Å². The number of aryl methyl sites for hydroxylation is 1. The minimum Gasteiger partial charge on any atom is -0.465 e. The van der Waals surface area contributed by atoms with Crippen molar-refractivity contribution in [2.24, 2.45) is 0 Å². The third-order valence-corrected chi connectivity index (χ3v) is 4.83. The molecule has 8 heteroatoms. The highest BCUT2D eigenvalue weighted by atomic mass is 32.1. The fraction of sp³-hybridized carbons (Fsp3) is 0.375. The lowest BCUT2D eigenvalue weighted by Gasteiger charge is -2.19. The predicted molar refractivity (Wildman–Crippen MR) is 96.3 cm³/mol. The van der Waals surface area contributed by atoms with E-state index in [4.69, 9.17) is 4.74 Å². The fourth-order valence-corrected chi connectivity index (χ4v) is 3.36. The van der Waals surface area contributed by atoms with E-state index in [1.165, 1.54) is 28.7 Å². The van der Waals surface area contributed by atoms with Crippen LogP contribution in [0.5, 0.6) is 0 Å². The number of esters is 1. The van der Waals surface area contributed by atoms with Crippen molar-refractivity contribution in [1.29, 1.82) is 0 Å². The third kappa shape index (κ3) is 4.48. The van der Waals surface area contributed by atoms with E-state index < -0.39 is 5.41 Å². The third-order valence-electron chi connectivity index (χ3n) is 3.20. The summed E-state index contributed by atoms with van der Waals surface area (Å²) in [6.45, 7) is 7.48. The van der Waals surface area contributed by atoms with Crippen LogP contribution in [0.3, 0.4) is 0 Å². The zero-order chi connectivity index (χ0) is 17.7. The van der Waals surface area contributed by atoms with Crippen molar-refractivity contribution in [2.75, 3.05) is 11.9 Å². The van der Waals surface area contributed by atoms with Crippen molar-refractivity contribution in [2.45, 2.75) is 33.1 Å². The van der Waals surface area contributed by atoms with E-state index in [1.807, 2.05) is 6.92 Å². The molecular formula is C16H19N3O3S2. The van der Waals surface area contributed by atoms with Crippen LogP contribution in [0, 0.1) is 6.92 Å². The number of aromatic nitrogens is 2. The number of hydrogen-bond acceptors (Lipinski definition) is 7. The van der Waals surface area contributed by atoms with Crippen LogP contribution < -0.4 is 5.32 Å². The lowest BCUT2D eigenvalue weighted by molar-refractivity contribution is -0.148. The molecule has 1 amide bonds. The summed E-state index contributed by atoms with van der Waals surface area (Å²) in [6, 6.07) is 0. The zero-order valence-electron chi connectivity index (χ0n) is 14.0. The molecule has 0 aliphatic heterocycles. The van der Waals surface area contributed by atoms with Crippen LogP contribution in [-0.2, 0) is 19.7 Å². The van der Waals surface area contributed by atoms with Gasteiger partial charge in [-0.25, -0.2) is 9.97 Å². The van der Waals surface area contributed by atoms with Gasteiger partial charge in [0.1, 0.15) is 5.41 Å². The molecule has 0 radical (unpaired) electrons. The second-order valence-electron chi connectivity index (χ2n) is 5.49. The highest BCUT2D eigenvalue weighted by Gasteiger charge is 2.34. The molecule has 0 aliphatic carbocycles. The van der Waals surface area contributed by atoms with E-state index in [9.17, 15) is 9.59 Å². The van der Waals surface area contributed by atoms with Crippen LogP contribution in [0.25, 0.3) is 6.08 Å². The molecule has 0 fully saturated rings. The fourth-order valence-electron chi connectivity index (χ4n) is 1.79. The first-order chi connectivity index (χ1) is 11.3. The van der Waals surface area contributed by atoms with Crippen molar-refractivity contribution >= 4 is 45.8 Å². The lowest BCUT2D eigenvalue weighted by Crippen LogP contribution is -2.31. The molecule has 6 nitrogen and oxygen atoms in total. The molecule has 0 atom stereocenters. The molecule has 0 unspecified atom stereocenters. The molecule has 0 saturated carbocycles. The average molecular weight is 365 g/mol. The topological polar surface area (TPSA) is 81.2 Å². The number of ether oxygens (including phenoxy) is 1. The van der Waals surface area contributed by atoms with Crippen molar-refractivity contribution in [1.82, 2.24) is 9.97 Å². The number of thiazole rings is 2. The molecule has 2 heterocycles. The molecule has 2 aromatic heterocycles. The minimum atomic E-state index is -0.856. The first-order valence-electron chi connectivity index (χ1n) is 7.37. The van der Waals surface area contributed by atoms with Gasteiger partial charge in [0.15, 0.2) is 5.13 Å². The van der Waals surface area contributed by atoms with Crippen LogP contribution in [0.2, 0.25) is 0 Å². The molecule has 1 N–H and O–H groups in total. The molecule has 2 aromatic rings. The van der Waals surface area contributed by atoms with E-state index in [-0.39, 0.29) is 11.9 Å². The summed E-state index contributed by atoms with van der Waals surface area (Å²) < 4.78 is 5.06. The Morgan fingerprint density at radius 1 is 1.42 bits per heavy atom. The van der Waals surface area contributed by atoms with Crippen molar-refractivity contribution in [3.8, 4) is 0 Å². The molecule has 128 valence electrons. The molecule has 0 saturated heterocycles. The quantitative estimate of drug-likeness (QED) is 0.627. The monoisotopic (exact) mass is 365 g/mol. The summed E-state index contributed by atoms with van der Waals surface area (Å²) in [5.41, 5.74) is -0.283. The van der Waals surface area contributed by atoms with Gasteiger partial charge in [-0.3, -0.25) is 14.9 Å². The number of anilines is 1. The summed E-state index contributed by atoms with van der Waals surface area (Å²) >= 11 is 2.78. The molecular weight excluding hydrogens is 346 g/mol. The molecule has 0 bridgehead atoms. The van der Waals surface area contributed by atoms with E-state index >= 15 is 0 Å². The van der Waals surface area contributed by atoms with Gasteiger partial charge in [-0.1, -0.05) is 0 Å². The van der Waals surface area contributed by atoms with Crippen LogP contribution in [-0.4, -0.2) is 28.5 Å². The van der Waals surface area contributed by atoms with Crippen molar-refractivity contribution < 1.29 is 14.3 Å². The van der Waals surface area contributed by atoms with Crippen molar-refractivity contribution in [3.05, 3.63) is 33.2 Å². The van der Waals surface area contributed by atoms with Crippen LogP contribution in [0.4, 0.5) is 5.13 Å². The Hall–Kier alpha value is -2.06. The van der Waals surface area contributed by atoms with Gasteiger partial charge in [0.25, 0.3) is 0 Å². The number of amides is 1. The molecule has 2 rings (SSSR count). The average Bonchev–Trinajstić information content (AvgIpc) is 3.15. The highest BCUT2D eigenvalue weighted by Crippen LogP contribution is 2.28. The second-order valence-corrected chi connectivity index (χ2v) is 7.61. The van der Waals surface area contributed by atoms with Crippen molar-refractivity contribution in [3.63, 3.8) is 0 Å². The van der Waals surface area contributed by atoms with Gasteiger partial charge in [-0.2, -0.15) is 0 Å². The molecule has 0 aliphatic rings. The van der Waals surface area contributed by atoms with Crippen LogP contribution in [0.1, 0.15) is 36.3 Å². The second kappa shape index (κ2) is 7.67. The number of hydrogen-bond donors (Lipinski definition) is 1. The number of rotatable bonds is 6.